The van der Waals surface area contributed by atoms with Gasteiger partial charge in [0.1, 0.15) is 23.4 Å². The van der Waals surface area contributed by atoms with Crippen molar-refractivity contribution in [3.63, 3.8) is 0 Å². The number of carbonyl (C=O) groups is 4. The van der Waals surface area contributed by atoms with E-state index < -0.39 is 63.2 Å². The molecule has 50 heavy (non-hydrogen) atoms. The molecule has 3 aliphatic rings. The van der Waals surface area contributed by atoms with Crippen LogP contribution in [0.5, 0.6) is 5.75 Å². The molecule has 1 saturated carbocycles. The molecule has 0 aromatic heterocycles. The van der Waals surface area contributed by atoms with Crippen LogP contribution in [0, 0.1) is 5.92 Å². The molecule has 15 heteroatoms. The number of carbonyl (C=O) groups excluding carboxylic acids is 4. The van der Waals surface area contributed by atoms with Gasteiger partial charge in [-0.25, -0.2) is 8.42 Å². The number of methoxy groups -OCH3 is 1. The molecule has 1 spiro atoms. The molecule has 2 aromatic carbocycles. The summed E-state index contributed by atoms with van der Waals surface area (Å²) in [4.78, 5) is 61.8. The number of halogens is 1. The molecule has 270 valence electrons. The van der Waals surface area contributed by atoms with Gasteiger partial charge in [-0.05, 0) is 67.7 Å². The van der Waals surface area contributed by atoms with E-state index in [4.69, 9.17) is 21.2 Å². The zero-order valence-electron chi connectivity index (χ0n) is 28.5. The molecule has 2 aromatic rings. The molecule has 5 rings (SSSR count). The molecule has 2 aliphatic heterocycles. The predicted molar refractivity (Wildman–Crippen MR) is 186 cm³/mol. The van der Waals surface area contributed by atoms with Crippen LogP contribution in [-0.4, -0.2) is 80.2 Å². The van der Waals surface area contributed by atoms with Crippen LogP contribution in [0.4, 0.5) is 0 Å². The van der Waals surface area contributed by atoms with Crippen molar-refractivity contribution in [3.8, 4) is 5.75 Å². The maximum absolute atomic E-state index is 14.5. The molecule has 1 unspecified atom stereocenters. The Morgan fingerprint density at radius 1 is 1.12 bits per heavy atom. The molecule has 1 aliphatic carbocycles. The Bertz CT molecular complexity index is 1750. The quantitative estimate of drug-likeness (QED) is 0.201. The number of benzene rings is 2. The summed E-state index contributed by atoms with van der Waals surface area (Å²) in [6, 6.07) is 9.28. The van der Waals surface area contributed by atoms with Crippen molar-refractivity contribution in [1.82, 2.24) is 25.7 Å². The van der Waals surface area contributed by atoms with Crippen LogP contribution in [0.1, 0.15) is 64.9 Å². The third-order valence-electron chi connectivity index (χ3n) is 9.32. The molecule has 3 amide bonds. The highest BCUT2D eigenvalue weighted by molar-refractivity contribution is 7.89. The summed E-state index contributed by atoms with van der Waals surface area (Å²) in [6.07, 6.45) is 4.52. The fourth-order valence-corrected chi connectivity index (χ4v) is 7.59. The first-order valence-electron chi connectivity index (χ1n) is 16.8. The first kappa shape index (κ1) is 37.3. The van der Waals surface area contributed by atoms with Gasteiger partial charge in [-0.15, -0.1) is 0 Å². The van der Waals surface area contributed by atoms with Crippen molar-refractivity contribution < 1.29 is 37.2 Å². The smallest absolute Gasteiger partial charge is 0.289 e. The van der Waals surface area contributed by atoms with E-state index in [0.29, 0.717) is 29.3 Å². The summed E-state index contributed by atoms with van der Waals surface area (Å²) < 4.78 is 34.9. The van der Waals surface area contributed by atoms with Gasteiger partial charge in [0.15, 0.2) is 0 Å². The van der Waals surface area contributed by atoms with Crippen LogP contribution in [0.15, 0.2) is 59.5 Å². The van der Waals surface area contributed by atoms with Crippen molar-refractivity contribution in [2.75, 3.05) is 13.7 Å². The van der Waals surface area contributed by atoms with E-state index >= 15 is 0 Å². The number of rotatable bonds is 15. The average molecular weight is 730 g/mol. The first-order chi connectivity index (χ1) is 23.8. The van der Waals surface area contributed by atoms with Crippen molar-refractivity contribution in [3.05, 3.63) is 65.2 Å². The van der Waals surface area contributed by atoms with Crippen LogP contribution in [0.2, 0.25) is 5.02 Å². The van der Waals surface area contributed by atoms with Gasteiger partial charge < -0.3 is 20.3 Å². The van der Waals surface area contributed by atoms with Crippen LogP contribution < -0.4 is 25.6 Å². The Kier molecular flexibility index (Phi) is 11.6. The summed E-state index contributed by atoms with van der Waals surface area (Å²) >= 11 is 6.23. The van der Waals surface area contributed by atoms with Crippen LogP contribution in [0.25, 0.3) is 5.70 Å². The number of sulfonamides is 1. The standard InChI is InChI=1S/C35H44ClN5O8S/c1-5-8-27(31(42)33(44)37-24-11-12-24)38-32(43)29-19-35(18-28(39-49-35)22-9-7-10-23(36)17-22)20-41(29)34(45)30(21(3)6-2)40-50(46,47)26-15-13-25(48-4)14-16-26/h7,9-10,13-18,21,24,27,29-30,39-40H,5-6,8,11-12,19-20H2,1-4H3,(H,37,44)(H,38,43)/t21?,27-,29-,30-,35+/m0/s1. The van der Waals surface area contributed by atoms with Gasteiger partial charge in [0.2, 0.25) is 27.6 Å². The van der Waals surface area contributed by atoms with E-state index in [-0.39, 0.29) is 30.3 Å². The van der Waals surface area contributed by atoms with Gasteiger partial charge in [0, 0.05) is 23.0 Å². The fraction of sp³-hybridized carbons (Fsp3) is 0.486. The van der Waals surface area contributed by atoms with Crippen molar-refractivity contribution >= 4 is 50.8 Å². The number of hydrogen-bond donors (Lipinski definition) is 4. The SMILES string of the molecule is CCC[C@H](NC(=O)[C@@H]1C[C@]2(C=C(c3cccc(Cl)c3)NO2)CN1C(=O)[C@@H](NS(=O)(=O)c1ccc(OC)cc1)C(C)CC)C(=O)C(=O)NC1CC1. The summed E-state index contributed by atoms with van der Waals surface area (Å²) in [7, 11) is -2.72. The zero-order chi connectivity index (χ0) is 36.2. The highest BCUT2D eigenvalue weighted by Crippen LogP contribution is 2.38. The maximum Gasteiger partial charge on any atom is 0.289 e. The van der Waals surface area contributed by atoms with E-state index in [1.165, 1.54) is 36.3 Å². The number of ether oxygens (including phenoxy) is 1. The van der Waals surface area contributed by atoms with Gasteiger partial charge in [-0.3, -0.25) is 29.5 Å². The van der Waals surface area contributed by atoms with E-state index in [1.807, 2.05) is 19.9 Å². The Balaban J connectivity index is 1.46. The average Bonchev–Trinajstić information content (AvgIpc) is 3.70. The second kappa shape index (κ2) is 15.5. The number of hydrogen-bond acceptors (Lipinski definition) is 9. The third kappa shape index (κ3) is 8.48. The largest absolute Gasteiger partial charge is 0.497 e. The summed E-state index contributed by atoms with van der Waals surface area (Å²) in [6.45, 7) is 5.31. The van der Waals surface area contributed by atoms with Crippen molar-refractivity contribution in [2.45, 2.75) is 94.0 Å². The number of amides is 3. The van der Waals surface area contributed by atoms with Gasteiger partial charge in [0.25, 0.3) is 5.91 Å². The lowest BCUT2D eigenvalue weighted by molar-refractivity contribution is -0.143. The summed E-state index contributed by atoms with van der Waals surface area (Å²) in [5, 5.41) is 5.92. The highest BCUT2D eigenvalue weighted by atomic mass is 35.5. The molecular weight excluding hydrogens is 686 g/mol. The van der Waals surface area contributed by atoms with E-state index in [1.54, 1.807) is 31.2 Å². The molecule has 13 nitrogen and oxygen atoms in total. The normalized spacial score (nSPS) is 21.9. The lowest BCUT2D eigenvalue weighted by Crippen LogP contribution is -2.57. The van der Waals surface area contributed by atoms with E-state index in [2.05, 4.69) is 20.8 Å². The molecule has 5 atom stereocenters. The lowest BCUT2D eigenvalue weighted by atomic mass is 9.97. The van der Waals surface area contributed by atoms with E-state index in [9.17, 15) is 27.6 Å². The number of ketones is 1. The molecule has 4 N–H and O–H groups in total. The van der Waals surface area contributed by atoms with Crippen LogP contribution in [0.3, 0.4) is 0 Å². The van der Waals surface area contributed by atoms with Gasteiger partial charge >= 0.3 is 0 Å². The van der Waals surface area contributed by atoms with Crippen molar-refractivity contribution in [2.24, 2.45) is 5.92 Å². The monoisotopic (exact) mass is 729 g/mol. The molecule has 0 bridgehead atoms. The second-order valence-corrected chi connectivity index (χ2v) is 15.3. The topological polar surface area (TPSA) is 172 Å². The van der Waals surface area contributed by atoms with Gasteiger partial charge in [-0.2, -0.15) is 4.72 Å². The van der Waals surface area contributed by atoms with Gasteiger partial charge in [0.05, 0.1) is 30.3 Å². The van der Waals surface area contributed by atoms with Crippen molar-refractivity contribution in [1.29, 1.82) is 0 Å². The number of nitrogens with zero attached hydrogens (tertiary/aromatic N) is 1. The minimum absolute atomic E-state index is 0.0125. The minimum atomic E-state index is -4.19. The molecule has 1 saturated heterocycles. The maximum atomic E-state index is 14.5. The molecular formula is C35H44ClN5O8S. The minimum Gasteiger partial charge on any atom is -0.497 e. The number of likely N-dealkylation sites (tertiary alicyclic amines) is 1. The number of Topliss-reactive ketones (excluding diaryl/α,β-unsaturated/α-hetero) is 1. The van der Waals surface area contributed by atoms with Crippen LogP contribution >= 0.6 is 11.6 Å². The highest BCUT2D eigenvalue weighted by Gasteiger charge is 2.53. The Hall–Kier alpha value is -3.98. The molecule has 2 fully saturated rings. The first-order valence-corrected chi connectivity index (χ1v) is 18.7. The Morgan fingerprint density at radius 3 is 2.46 bits per heavy atom. The Morgan fingerprint density at radius 2 is 1.84 bits per heavy atom. The summed E-state index contributed by atoms with van der Waals surface area (Å²) in [5.74, 6) is -2.82. The number of nitrogens with one attached hydrogen (secondary N) is 4. The molecule has 2 heterocycles. The number of hydroxylamine groups is 1. The van der Waals surface area contributed by atoms with Gasteiger partial charge in [-0.1, -0.05) is 57.3 Å². The lowest BCUT2D eigenvalue weighted by Gasteiger charge is -2.31. The summed E-state index contributed by atoms with van der Waals surface area (Å²) in [5.41, 5.74) is 3.03. The predicted octanol–water partition coefficient (Wildman–Crippen LogP) is 3.09. The second-order valence-electron chi connectivity index (χ2n) is 13.1. The Labute approximate surface area is 297 Å². The third-order valence-corrected chi connectivity index (χ3v) is 11.0. The van der Waals surface area contributed by atoms with E-state index in [0.717, 1.165) is 18.4 Å². The van der Waals surface area contributed by atoms with Crippen LogP contribution in [-0.2, 0) is 34.0 Å². The zero-order valence-corrected chi connectivity index (χ0v) is 30.1. The fourth-order valence-electron chi connectivity index (χ4n) is 6.10. The molecule has 0 radical (unpaired) electrons.